The van der Waals surface area contributed by atoms with E-state index in [9.17, 15) is 19.5 Å². The fourth-order valence-corrected chi connectivity index (χ4v) is 4.41. The van der Waals surface area contributed by atoms with Gasteiger partial charge in [-0.15, -0.1) is 0 Å². The molecule has 2 heterocycles. The fraction of sp³-hybridized carbons (Fsp3) is 0.231. The predicted octanol–water partition coefficient (Wildman–Crippen LogP) is 2.34. The van der Waals surface area contributed by atoms with E-state index in [0.29, 0.717) is 23.0 Å². The van der Waals surface area contributed by atoms with Crippen molar-refractivity contribution in [1.29, 1.82) is 0 Å². The normalized spacial score (nSPS) is 11.8. The molecule has 196 valence electrons. The Morgan fingerprint density at radius 1 is 1.05 bits per heavy atom. The number of fused-ring (bicyclic) bond motifs is 2. The number of aromatic nitrogens is 3. The van der Waals surface area contributed by atoms with Crippen molar-refractivity contribution in [3.05, 3.63) is 59.3 Å². The molecule has 38 heavy (non-hydrogen) atoms. The number of aliphatic carboxylic acids is 2. The zero-order valence-corrected chi connectivity index (χ0v) is 20.8. The maximum Gasteiger partial charge on any atom is 0.326 e. The lowest BCUT2D eigenvalue weighted by atomic mass is 10.0. The summed E-state index contributed by atoms with van der Waals surface area (Å²) in [5.74, 6) is -2.73. The van der Waals surface area contributed by atoms with Crippen molar-refractivity contribution in [2.45, 2.75) is 32.4 Å². The number of anilines is 3. The quantitative estimate of drug-likeness (QED) is 0.218. The molecule has 0 aliphatic rings. The van der Waals surface area contributed by atoms with Gasteiger partial charge in [0.1, 0.15) is 11.9 Å². The first-order valence-corrected chi connectivity index (χ1v) is 11.7. The summed E-state index contributed by atoms with van der Waals surface area (Å²) in [6, 6.07) is 9.37. The van der Waals surface area contributed by atoms with Gasteiger partial charge in [-0.05, 0) is 42.0 Å². The first-order chi connectivity index (χ1) is 18.1. The second-order valence-corrected chi connectivity index (χ2v) is 8.90. The highest BCUT2D eigenvalue weighted by Gasteiger charge is 2.23. The van der Waals surface area contributed by atoms with Crippen molar-refractivity contribution in [3.8, 4) is 0 Å². The highest BCUT2D eigenvalue weighted by molar-refractivity contribution is 6.11. The Morgan fingerprint density at radius 2 is 1.76 bits per heavy atom. The minimum absolute atomic E-state index is 0.0546. The highest BCUT2D eigenvalue weighted by Crippen LogP contribution is 2.31. The van der Waals surface area contributed by atoms with Gasteiger partial charge in [-0.1, -0.05) is 24.3 Å². The molecule has 0 radical (unpaired) electrons. The Morgan fingerprint density at radius 3 is 2.45 bits per heavy atom. The van der Waals surface area contributed by atoms with Crippen LogP contribution >= 0.6 is 0 Å². The Labute approximate surface area is 217 Å². The van der Waals surface area contributed by atoms with Crippen LogP contribution in [0.1, 0.15) is 34.3 Å². The third-order valence-electron chi connectivity index (χ3n) is 6.35. The van der Waals surface area contributed by atoms with Crippen molar-refractivity contribution in [2.75, 3.05) is 23.4 Å². The molecule has 0 saturated heterocycles. The van der Waals surface area contributed by atoms with Gasteiger partial charge >= 0.3 is 11.9 Å². The van der Waals surface area contributed by atoms with Gasteiger partial charge < -0.3 is 31.9 Å². The number of pyridine rings is 1. The molecule has 0 aliphatic heterocycles. The van der Waals surface area contributed by atoms with Crippen molar-refractivity contribution >= 4 is 57.1 Å². The van der Waals surface area contributed by atoms with E-state index in [4.69, 9.17) is 16.6 Å². The number of carbonyl (C=O) groups excluding carboxylic acids is 1. The number of carbonyl (C=O) groups is 3. The summed E-state index contributed by atoms with van der Waals surface area (Å²) < 4.78 is 0. The van der Waals surface area contributed by atoms with Gasteiger partial charge in [-0.2, -0.15) is 9.97 Å². The van der Waals surface area contributed by atoms with Crippen LogP contribution in [0.5, 0.6) is 0 Å². The summed E-state index contributed by atoms with van der Waals surface area (Å²) in [5.41, 5.74) is 15.1. The van der Waals surface area contributed by atoms with Crippen LogP contribution in [0.25, 0.3) is 21.8 Å². The number of hydrogen-bond donors (Lipinski definition) is 5. The first kappa shape index (κ1) is 26.1. The van der Waals surface area contributed by atoms with E-state index in [-0.39, 0.29) is 30.2 Å². The molecule has 1 atom stereocenters. The van der Waals surface area contributed by atoms with Gasteiger partial charge in [0.25, 0.3) is 5.91 Å². The average molecular weight is 518 g/mol. The molecule has 4 aromatic rings. The van der Waals surface area contributed by atoms with Crippen molar-refractivity contribution < 1.29 is 24.6 Å². The fourth-order valence-electron chi connectivity index (χ4n) is 4.41. The number of benzene rings is 2. The van der Waals surface area contributed by atoms with Crippen LogP contribution in [0.3, 0.4) is 0 Å². The summed E-state index contributed by atoms with van der Waals surface area (Å²) in [6.07, 6.45) is 1.11. The van der Waals surface area contributed by atoms with E-state index in [2.05, 4.69) is 20.3 Å². The number of rotatable bonds is 9. The lowest BCUT2D eigenvalue weighted by Crippen LogP contribution is -2.41. The number of nitrogens with zero attached hydrogens (tertiary/aromatic N) is 4. The van der Waals surface area contributed by atoms with E-state index in [1.54, 1.807) is 30.5 Å². The zero-order chi connectivity index (χ0) is 27.6. The second kappa shape index (κ2) is 10.5. The van der Waals surface area contributed by atoms with Crippen LogP contribution in [0.4, 0.5) is 17.5 Å². The monoisotopic (exact) mass is 517 g/mol. The van der Waals surface area contributed by atoms with Crippen LogP contribution in [0.2, 0.25) is 0 Å². The maximum absolute atomic E-state index is 13.0. The van der Waals surface area contributed by atoms with E-state index in [1.807, 2.05) is 31.0 Å². The molecule has 0 aliphatic carbocycles. The van der Waals surface area contributed by atoms with Gasteiger partial charge in [-0.3, -0.25) is 9.59 Å². The first-order valence-electron chi connectivity index (χ1n) is 11.7. The summed E-state index contributed by atoms with van der Waals surface area (Å²) in [6.45, 7) is 2.38. The number of amides is 1. The molecular formula is C26H27N7O5. The molecule has 0 saturated carbocycles. The molecule has 4 rings (SSSR count). The second-order valence-electron chi connectivity index (χ2n) is 8.90. The van der Waals surface area contributed by atoms with Gasteiger partial charge in [0.05, 0.1) is 5.39 Å². The minimum atomic E-state index is -1.32. The Balaban J connectivity index is 1.65. The summed E-state index contributed by atoms with van der Waals surface area (Å²) >= 11 is 0. The SMILES string of the molecule is Cc1c(CN(C)c2ccc(C(=O)N[C@@H](CCC(=O)O)C(=O)O)c3ccccc23)cnc2nc(N)nc(N)c12. The third kappa shape index (κ3) is 5.24. The molecule has 12 nitrogen and oxygen atoms in total. The Hall–Kier alpha value is -5.00. The lowest BCUT2D eigenvalue weighted by molar-refractivity contribution is -0.140. The largest absolute Gasteiger partial charge is 0.481 e. The van der Waals surface area contributed by atoms with E-state index in [1.165, 1.54) is 0 Å². The van der Waals surface area contributed by atoms with Gasteiger partial charge in [0.15, 0.2) is 5.65 Å². The third-order valence-corrected chi connectivity index (χ3v) is 6.35. The highest BCUT2D eigenvalue weighted by atomic mass is 16.4. The van der Waals surface area contributed by atoms with Gasteiger partial charge in [0.2, 0.25) is 5.95 Å². The van der Waals surface area contributed by atoms with Crippen LogP contribution in [-0.4, -0.2) is 56.1 Å². The number of nitrogens with one attached hydrogen (secondary N) is 1. The Bertz CT molecular complexity index is 1570. The molecule has 2 aromatic heterocycles. The molecule has 12 heteroatoms. The van der Waals surface area contributed by atoms with Crippen LogP contribution in [-0.2, 0) is 16.1 Å². The van der Waals surface area contributed by atoms with Gasteiger partial charge in [0, 0.05) is 42.8 Å². The Kier molecular flexibility index (Phi) is 7.24. The van der Waals surface area contributed by atoms with Crippen molar-refractivity contribution in [3.63, 3.8) is 0 Å². The number of aryl methyl sites for hydroxylation is 1. The molecule has 0 fully saturated rings. The number of carboxylic acid groups (broad SMARTS) is 2. The lowest BCUT2D eigenvalue weighted by Gasteiger charge is -2.24. The maximum atomic E-state index is 13.0. The molecule has 0 bridgehead atoms. The standard InChI is InChI=1S/C26H27N7O5/c1-13-14(11-29-23-21(13)22(27)31-26(28)32-23)12-33(2)19-9-7-17(15-5-3-4-6-16(15)19)24(36)30-18(25(37)38)8-10-20(34)35/h3-7,9,11,18H,8,10,12H2,1-2H3,(H,30,36)(H,34,35)(H,37,38)(H4,27,28,29,31,32)/t18-/m0/s1. The van der Waals surface area contributed by atoms with E-state index < -0.39 is 23.9 Å². The smallest absolute Gasteiger partial charge is 0.326 e. The number of carboxylic acids is 2. The molecule has 1 amide bonds. The predicted molar refractivity (Wildman–Crippen MR) is 143 cm³/mol. The number of nitrogens with two attached hydrogens (primary N) is 2. The summed E-state index contributed by atoms with van der Waals surface area (Å²) in [7, 11) is 1.90. The zero-order valence-electron chi connectivity index (χ0n) is 20.8. The molecule has 7 N–H and O–H groups in total. The van der Waals surface area contributed by atoms with Gasteiger partial charge in [-0.25, -0.2) is 9.78 Å². The number of hydrogen-bond acceptors (Lipinski definition) is 9. The molecular weight excluding hydrogens is 490 g/mol. The minimum Gasteiger partial charge on any atom is -0.481 e. The number of nitrogen functional groups attached to an aromatic ring is 2. The van der Waals surface area contributed by atoms with E-state index in [0.717, 1.165) is 22.2 Å². The molecule has 0 spiro atoms. The molecule has 0 unspecified atom stereocenters. The van der Waals surface area contributed by atoms with E-state index >= 15 is 0 Å². The van der Waals surface area contributed by atoms with Crippen molar-refractivity contribution in [1.82, 2.24) is 20.3 Å². The van der Waals surface area contributed by atoms with Crippen LogP contribution < -0.4 is 21.7 Å². The van der Waals surface area contributed by atoms with Crippen LogP contribution in [0.15, 0.2) is 42.6 Å². The topological polar surface area (TPSA) is 198 Å². The average Bonchev–Trinajstić information content (AvgIpc) is 2.86. The summed E-state index contributed by atoms with van der Waals surface area (Å²) in [4.78, 5) is 50.1. The molecule has 2 aromatic carbocycles. The summed E-state index contributed by atoms with van der Waals surface area (Å²) in [5, 5.41) is 22.8. The van der Waals surface area contributed by atoms with Crippen molar-refractivity contribution in [2.24, 2.45) is 0 Å². The van der Waals surface area contributed by atoms with Crippen LogP contribution in [0, 0.1) is 6.92 Å².